The van der Waals surface area contributed by atoms with Crippen molar-refractivity contribution in [2.24, 2.45) is 4.99 Å². The molecule has 144 valence electrons. The Morgan fingerprint density at radius 2 is 2.00 bits per heavy atom. The van der Waals surface area contributed by atoms with Gasteiger partial charge in [-0.05, 0) is 27.7 Å². The van der Waals surface area contributed by atoms with E-state index in [2.05, 4.69) is 10.1 Å². The second-order valence-corrected chi connectivity index (χ2v) is 6.83. The number of alkyl halides is 3. The van der Waals surface area contributed by atoms with Gasteiger partial charge < -0.3 is 9.64 Å². The van der Waals surface area contributed by atoms with Gasteiger partial charge in [0.05, 0.1) is 36.7 Å². The van der Waals surface area contributed by atoms with Crippen LogP contribution in [0.25, 0.3) is 5.70 Å². The summed E-state index contributed by atoms with van der Waals surface area (Å²) in [6.07, 6.45) is -1.42. The molecule has 0 unspecified atom stereocenters. The van der Waals surface area contributed by atoms with E-state index in [9.17, 15) is 18.0 Å². The topological polar surface area (TPSA) is 63.0 Å². The molecule has 1 aliphatic rings. The molecule has 0 saturated heterocycles. The molecule has 2 rings (SSSR count). The number of carbonyl (C=O) groups excluding carboxylic acids is 1. The number of amides is 1. The highest BCUT2D eigenvalue weighted by Crippen LogP contribution is 2.36. The fourth-order valence-electron chi connectivity index (χ4n) is 2.33. The van der Waals surface area contributed by atoms with E-state index in [0.717, 1.165) is 9.58 Å². The molecule has 10 heteroatoms. The van der Waals surface area contributed by atoms with E-state index in [1.807, 2.05) is 0 Å². The number of hydrogen-bond acceptors (Lipinski definition) is 5. The van der Waals surface area contributed by atoms with Crippen LogP contribution < -0.4 is 4.90 Å². The first-order valence-electron chi connectivity index (χ1n) is 8.02. The van der Waals surface area contributed by atoms with E-state index < -0.39 is 23.6 Å². The Labute approximate surface area is 149 Å². The SMILES string of the molecule is CCN(C(=O)OC(C)(C)C)c1cn(C2=CN=CN(C)C2)nc1C(F)(F)F. The lowest BCUT2D eigenvalue weighted by Gasteiger charge is -2.26. The van der Waals surface area contributed by atoms with Gasteiger partial charge in [0, 0.05) is 13.6 Å². The predicted molar refractivity (Wildman–Crippen MR) is 91.9 cm³/mol. The zero-order chi connectivity index (χ0) is 19.7. The molecule has 0 radical (unpaired) electrons. The molecule has 0 N–H and O–H groups in total. The van der Waals surface area contributed by atoms with Gasteiger partial charge in [-0.1, -0.05) is 0 Å². The molecule has 2 heterocycles. The van der Waals surface area contributed by atoms with Gasteiger partial charge in [0.15, 0.2) is 5.69 Å². The van der Waals surface area contributed by atoms with E-state index in [1.165, 1.54) is 12.4 Å². The fourth-order valence-corrected chi connectivity index (χ4v) is 2.33. The van der Waals surface area contributed by atoms with Crippen molar-refractivity contribution in [3.63, 3.8) is 0 Å². The second-order valence-electron chi connectivity index (χ2n) is 6.83. The minimum atomic E-state index is -4.72. The molecule has 1 aliphatic heterocycles. The Balaban J connectivity index is 2.47. The van der Waals surface area contributed by atoms with Crippen LogP contribution >= 0.6 is 0 Å². The maximum absolute atomic E-state index is 13.5. The van der Waals surface area contributed by atoms with Gasteiger partial charge in [0.2, 0.25) is 0 Å². The summed E-state index contributed by atoms with van der Waals surface area (Å²) in [6.45, 7) is 6.84. The van der Waals surface area contributed by atoms with E-state index in [4.69, 9.17) is 4.74 Å². The predicted octanol–water partition coefficient (Wildman–Crippen LogP) is 3.44. The van der Waals surface area contributed by atoms with Crippen LogP contribution in [0, 0.1) is 0 Å². The van der Waals surface area contributed by atoms with Crippen molar-refractivity contribution in [3.8, 4) is 0 Å². The zero-order valence-electron chi connectivity index (χ0n) is 15.3. The van der Waals surface area contributed by atoms with Gasteiger partial charge in [0.25, 0.3) is 0 Å². The summed E-state index contributed by atoms with van der Waals surface area (Å²) in [4.78, 5) is 18.9. The summed E-state index contributed by atoms with van der Waals surface area (Å²) < 4.78 is 46.8. The number of carbonyl (C=O) groups is 1. The van der Waals surface area contributed by atoms with Crippen LogP contribution in [0.3, 0.4) is 0 Å². The third-order valence-electron chi connectivity index (χ3n) is 3.38. The summed E-state index contributed by atoms with van der Waals surface area (Å²) in [6, 6.07) is 0. The summed E-state index contributed by atoms with van der Waals surface area (Å²) in [5.41, 5.74) is -1.88. The molecule has 0 spiro atoms. The summed E-state index contributed by atoms with van der Waals surface area (Å²) >= 11 is 0. The van der Waals surface area contributed by atoms with E-state index >= 15 is 0 Å². The van der Waals surface area contributed by atoms with Crippen molar-refractivity contribution in [2.75, 3.05) is 25.0 Å². The Hall–Kier alpha value is -2.52. The molecule has 26 heavy (non-hydrogen) atoms. The third kappa shape index (κ3) is 4.55. The zero-order valence-corrected chi connectivity index (χ0v) is 15.3. The standard InChI is InChI=1S/C16H22F3N5O2/c1-6-23(14(25)26-15(2,3)4)12-9-24(21-13(12)16(17,18)19)11-7-20-10-22(5)8-11/h7,9-10H,6,8H2,1-5H3. The van der Waals surface area contributed by atoms with Gasteiger partial charge in [-0.15, -0.1) is 0 Å². The third-order valence-corrected chi connectivity index (χ3v) is 3.38. The quantitative estimate of drug-likeness (QED) is 0.814. The number of hydrogen-bond donors (Lipinski definition) is 0. The van der Waals surface area contributed by atoms with Crippen molar-refractivity contribution in [2.45, 2.75) is 39.5 Å². The Bertz CT molecular complexity index is 731. The molecule has 0 aliphatic carbocycles. The molecule has 1 aromatic heterocycles. The van der Waals surface area contributed by atoms with Gasteiger partial charge in [-0.2, -0.15) is 18.3 Å². The van der Waals surface area contributed by atoms with Crippen molar-refractivity contribution >= 4 is 23.8 Å². The lowest BCUT2D eigenvalue weighted by Crippen LogP contribution is -2.37. The number of halogens is 3. The lowest BCUT2D eigenvalue weighted by molar-refractivity contribution is -0.140. The molecule has 0 aromatic carbocycles. The number of ether oxygens (including phenoxy) is 1. The number of anilines is 1. The largest absolute Gasteiger partial charge is 0.443 e. The van der Waals surface area contributed by atoms with Crippen LogP contribution in [0.15, 0.2) is 17.4 Å². The first kappa shape index (κ1) is 19.8. The Morgan fingerprint density at radius 3 is 2.50 bits per heavy atom. The number of rotatable bonds is 3. The maximum Gasteiger partial charge on any atom is 0.437 e. The molecule has 0 fully saturated rings. The van der Waals surface area contributed by atoms with E-state index in [0.29, 0.717) is 12.2 Å². The first-order valence-corrected chi connectivity index (χ1v) is 8.02. The average molecular weight is 373 g/mol. The minimum absolute atomic E-state index is 0.000784. The maximum atomic E-state index is 13.5. The highest BCUT2D eigenvalue weighted by atomic mass is 19.4. The second kappa shape index (κ2) is 7.00. The van der Waals surface area contributed by atoms with Crippen LogP contribution in [0.5, 0.6) is 0 Å². The fraction of sp³-hybridized carbons (Fsp3) is 0.562. The number of aliphatic imine (C=N–C) groups is 1. The molecule has 0 saturated carbocycles. The highest BCUT2D eigenvalue weighted by Gasteiger charge is 2.40. The number of aromatic nitrogens is 2. The smallest absolute Gasteiger partial charge is 0.437 e. The van der Waals surface area contributed by atoms with E-state index in [1.54, 1.807) is 46.0 Å². The van der Waals surface area contributed by atoms with Gasteiger partial charge >= 0.3 is 12.3 Å². The molecule has 0 atom stereocenters. The summed E-state index contributed by atoms with van der Waals surface area (Å²) in [5, 5.41) is 3.66. The van der Waals surface area contributed by atoms with Gasteiger partial charge in [-0.3, -0.25) is 4.90 Å². The van der Waals surface area contributed by atoms with Crippen molar-refractivity contribution in [3.05, 3.63) is 18.1 Å². The molecular formula is C16H22F3N5O2. The average Bonchev–Trinajstić information content (AvgIpc) is 2.91. The van der Waals surface area contributed by atoms with Crippen LogP contribution in [-0.4, -0.2) is 52.9 Å². The van der Waals surface area contributed by atoms with Crippen molar-refractivity contribution in [1.29, 1.82) is 0 Å². The number of likely N-dealkylation sites (N-methyl/N-ethyl adjacent to an activating group) is 1. The highest BCUT2D eigenvalue weighted by molar-refractivity contribution is 5.88. The Kier molecular flexibility index (Phi) is 5.33. The number of nitrogens with zero attached hydrogens (tertiary/aromatic N) is 5. The summed E-state index contributed by atoms with van der Waals surface area (Å²) in [7, 11) is 1.74. The Morgan fingerprint density at radius 1 is 1.35 bits per heavy atom. The molecule has 1 aromatic rings. The van der Waals surface area contributed by atoms with Crippen molar-refractivity contribution < 1.29 is 22.7 Å². The van der Waals surface area contributed by atoms with Crippen LogP contribution in [0.4, 0.5) is 23.7 Å². The monoisotopic (exact) mass is 373 g/mol. The van der Waals surface area contributed by atoms with Crippen molar-refractivity contribution in [1.82, 2.24) is 14.7 Å². The van der Waals surface area contributed by atoms with Gasteiger partial charge in [0.1, 0.15) is 5.60 Å². The van der Waals surface area contributed by atoms with E-state index in [-0.39, 0.29) is 12.2 Å². The van der Waals surface area contributed by atoms with Crippen LogP contribution in [0.2, 0.25) is 0 Å². The van der Waals surface area contributed by atoms with Crippen LogP contribution in [0.1, 0.15) is 33.4 Å². The summed E-state index contributed by atoms with van der Waals surface area (Å²) in [5.74, 6) is 0. The minimum Gasteiger partial charge on any atom is -0.443 e. The molecule has 1 amide bonds. The molecule has 7 nitrogen and oxygen atoms in total. The first-order chi connectivity index (χ1) is 11.9. The molecule has 0 bridgehead atoms. The van der Waals surface area contributed by atoms with Gasteiger partial charge in [-0.25, -0.2) is 14.5 Å². The van der Waals surface area contributed by atoms with Crippen LogP contribution in [-0.2, 0) is 10.9 Å². The normalized spacial score (nSPS) is 15.1. The lowest BCUT2D eigenvalue weighted by atomic mass is 10.2. The molecular weight excluding hydrogens is 351 g/mol.